The monoisotopic (exact) mass is 438 g/mol. The second-order valence-electron chi connectivity index (χ2n) is 6.73. The third-order valence-corrected chi connectivity index (χ3v) is 6.40. The number of nitrogens with two attached hydrogens (primary N) is 1. The van der Waals surface area contributed by atoms with Crippen LogP contribution in [0.5, 0.6) is 0 Å². The van der Waals surface area contributed by atoms with Gasteiger partial charge in [-0.25, -0.2) is 13.2 Å². The number of pyridine rings is 1. The van der Waals surface area contributed by atoms with E-state index in [1.807, 2.05) is 13.0 Å². The summed E-state index contributed by atoms with van der Waals surface area (Å²) in [4.78, 5) is 27.7. The zero-order valence-electron chi connectivity index (χ0n) is 16.8. The van der Waals surface area contributed by atoms with Gasteiger partial charge in [-0.2, -0.15) is 0 Å². The number of benzene rings is 2. The summed E-state index contributed by atoms with van der Waals surface area (Å²) in [5, 5.41) is 5.35. The topological polar surface area (TPSA) is 131 Å². The van der Waals surface area contributed by atoms with E-state index >= 15 is 0 Å². The number of nitrogens with one attached hydrogen (secondary N) is 2. The van der Waals surface area contributed by atoms with E-state index in [0.717, 1.165) is 5.56 Å². The van der Waals surface area contributed by atoms with Crippen molar-refractivity contribution in [2.45, 2.75) is 29.7 Å². The van der Waals surface area contributed by atoms with Gasteiger partial charge in [-0.1, -0.05) is 13.0 Å². The Kier molecular flexibility index (Phi) is 6.66. The smallest absolute Gasteiger partial charge is 0.319 e. The molecule has 0 aliphatic rings. The summed E-state index contributed by atoms with van der Waals surface area (Å²) in [6, 6.07) is 13.3. The molecule has 0 radical (unpaired) electrons. The molecular formula is C22H22N4O4S. The van der Waals surface area contributed by atoms with Crippen molar-refractivity contribution in [1.82, 2.24) is 10.3 Å². The molecule has 160 valence electrons. The van der Waals surface area contributed by atoms with E-state index in [1.54, 1.807) is 18.5 Å². The fourth-order valence-electron chi connectivity index (χ4n) is 2.98. The molecule has 0 fully saturated rings. The summed E-state index contributed by atoms with van der Waals surface area (Å²) >= 11 is 0. The summed E-state index contributed by atoms with van der Waals surface area (Å²) in [6.45, 7) is 2.13. The lowest BCUT2D eigenvalue weighted by atomic mass is 10.1. The van der Waals surface area contributed by atoms with Crippen LogP contribution in [-0.4, -0.2) is 25.3 Å². The molecular weight excluding hydrogens is 416 g/mol. The van der Waals surface area contributed by atoms with Crippen molar-refractivity contribution >= 4 is 27.5 Å². The maximum atomic E-state index is 13.0. The van der Waals surface area contributed by atoms with Crippen LogP contribution in [0, 0.1) is 0 Å². The first-order valence-electron chi connectivity index (χ1n) is 9.53. The number of nitrogens with zero attached hydrogens (tertiary/aromatic N) is 1. The molecule has 8 nitrogen and oxygen atoms in total. The number of aromatic nitrogens is 1. The van der Waals surface area contributed by atoms with Gasteiger partial charge in [-0.15, -0.1) is 0 Å². The van der Waals surface area contributed by atoms with Gasteiger partial charge in [0.25, 0.3) is 0 Å². The van der Waals surface area contributed by atoms with E-state index in [2.05, 4.69) is 15.6 Å². The van der Waals surface area contributed by atoms with E-state index in [9.17, 15) is 18.0 Å². The molecule has 3 rings (SSSR count). The molecule has 31 heavy (non-hydrogen) atoms. The van der Waals surface area contributed by atoms with Gasteiger partial charge in [-0.05, 0) is 66.1 Å². The average molecular weight is 439 g/mol. The van der Waals surface area contributed by atoms with Crippen molar-refractivity contribution in [3.63, 3.8) is 0 Å². The first kappa shape index (κ1) is 22.0. The van der Waals surface area contributed by atoms with Crippen LogP contribution in [0.1, 0.15) is 28.4 Å². The molecule has 3 aromatic rings. The molecule has 1 heterocycles. The number of primary amides is 1. The van der Waals surface area contributed by atoms with Crippen LogP contribution >= 0.6 is 0 Å². The van der Waals surface area contributed by atoms with Crippen LogP contribution in [0.3, 0.4) is 0 Å². The number of hydrogen-bond donors (Lipinski definition) is 3. The maximum absolute atomic E-state index is 13.0. The molecule has 0 saturated heterocycles. The number of hydrogen-bond acceptors (Lipinski definition) is 5. The summed E-state index contributed by atoms with van der Waals surface area (Å²) < 4.78 is 25.9. The van der Waals surface area contributed by atoms with Crippen LogP contribution in [-0.2, 0) is 22.8 Å². The number of rotatable bonds is 7. The predicted octanol–water partition coefficient (Wildman–Crippen LogP) is 2.90. The fraction of sp³-hybridized carbons (Fsp3) is 0.136. The Morgan fingerprint density at radius 2 is 1.74 bits per heavy atom. The molecule has 0 spiro atoms. The molecule has 0 bridgehead atoms. The summed E-state index contributed by atoms with van der Waals surface area (Å²) in [6.07, 6.45) is 3.77. The van der Waals surface area contributed by atoms with Crippen LogP contribution < -0.4 is 16.4 Å². The first-order chi connectivity index (χ1) is 14.8. The van der Waals surface area contributed by atoms with Gasteiger partial charge in [-0.3, -0.25) is 9.78 Å². The third kappa shape index (κ3) is 5.26. The number of urea groups is 1. The molecule has 2 aromatic carbocycles. The van der Waals surface area contributed by atoms with Crippen molar-refractivity contribution in [3.05, 3.63) is 83.7 Å². The summed E-state index contributed by atoms with van der Waals surface area (Å²) in [5.74, 6) is -0.599. The van der Waals surface area contributed by atoms with Crippen LogP contribution in [0.4, 0.5) is 10.5 Å². The van der Waals surface area contributed by atoms with Gasteiger partial charge in [0.15, 0.2) is 0 Å². The van der Waals surface area contributed by atoms with E-state index in [1.165, 1.54) is 42.5 Å². The van der Waals surface area contributed by atoms with Crippen molar-refractivity contribution in [2.75, 3.05) is 5.32 Å². The Morgan fingerprint density at radius 3 is 2.35 bits per heavy atom. The Hall–Kier alpha value is -3.72. The second kappa shape index (κ2) is 9.40. The molecule has 4 N–H and O–H groups in total. The van der Waals surface area contributed by atoms with Crippen LogP contribution in [0.2, 0.25) is 0 Å². The van der Waals surface area contributed by atoms with Crippen molar-refractivity contribution in [1.29, 1.82) is 0 Å². The van der Waals surface area contributed by atoms with E-state index < -0.39 is 21.8 Å². The van der Waals surface area contributed by atoms with Gasteiger partial charge in [0, 0.05) is 30.2 Å². The maximum Gasteiger partial charge on any atom is 0.319 e. The van der Waals surface area contributed by atoms with Gasteiger partial charge in [0.2, 0.25) is 15.7 Å². The zero-order valence-corrected chi connectivity index (χ0v) is 17.6. The Morgan fingerprint density at radius 1 is 1.03 bits per heavy atom. The minimum absolute atomic E-state index is 0.0719. The normalized spacial score (nSPS) is 11.0. The predicted molar refractivity (Wildman–Crippen MR) is 116 cm³/mol. The van der Waals surface area contributed by atoms with E-state index in [4.69, 9.17) is 5.73 Å². The summed E-state index contributed by atoms with van der Waals surface area (Å²) in [5.41, 5.74) is 7.51. The number of sulfone groups is 1. The van der Waals surface area contributed by atoms with Gasteiger partial charge < -0.3 is 16.4 Å². The number of carbonyl (C=O) groups is 2. The Balaban J connectivity index is 1.71. The average Bonchev–Trinajstić information content (AvgIpc) is 2.78. The quantitative estimate of drug-likeness (QED) is 0.522. The third-order valence-electron chi connectivity index (χ3n) is 4.63. The second-order valence-corrected chi connectivity index (χ2v) is 8.68. The van der Waals surface area contributed by atoms with Crippen molar-refractivity contribution < 1.29 is 18.0 Å². The molecule has 0 unspecified atom stereocenters. The zero-order chi connectivity index (χ0) is 22.4. The highest BCUT2D eigenvalue weighted by atomic mass is 32.2. The first-order valence-corrected chi connectivity index (χ1v) is 11.0. The Labute approximate surface area is 180 Å². The molecule has 0 aliphatic carbocycles. The Bertz CT molecular complexity index is 1190. The van der Waals surface area contributed by atoms with Crippen molar-refractivity contribution in [2.24, 2.45) is 5.73 Å². The lowest BCUT2D eigenvalue weighted by Crippen LogP contribution is -2.28. The van der Waals surface area contributed by atoms with Crippen LogP contribution in [0.25, 0.3) is 0 Å². The van der Waals surface area contributed by atoms with E-state index in [-0.39, 0.29) is 9.79 Å². The highest BCUT2D eigenvalue weighted by Gasteiger charge is 2.20. The lowest BCUT2D eigenvalue weighted by Gasteiger charge is -2.11. The van der Waals surface area contributed by atoms with Crippen molar-refractivity contribution in [3.8, 4) is 0 Å². The molecule has 9 heteroatoms. The molecule has 0 saturated carbocycles. The number of aryl methyl sites for hydroxylation is 1. The minimum atomic E-state index is -3.79. The number of carbonyl (C=O) groups excluding carboxylic acids is 2. The van der Waals surface area contributed by atoms with Gasteiger partial charge >= 0.3 is 6.03 Å². The fourth-order valence-corrected chi connectivity index (χ4v) is 4.30. The van der Waals surface area contributed by atoms with Gasteiger partial charge in [0.1, 0.15) is 0 Å². The van der Waals surface area contributed by atoms with Crippen LogP contribution in [0.15, 0.2) is 76.8 Å². The molecule has 0 atom stereocenters. The largest absolute Gasteiger partial charge is 0.366 e. The minimum Gasteiger partial charge on any atom is -0.366 e. The SMILES string of the molecule is CCc1cc(S(=O)(=O)c2ccc(NC(=O)NCc3cccnc3)cc2)ccc1C(N)=O. The molecule has 1 aromatic heterocycles. The van der Waals surface area contributed by atoms with E-state index in [0.29, 0.717) is 29.8 Å². The highest BCUT2D eigenvalue weighted by molar-refractivity contribution is 7.91. The highest BCUT2D eigenvalue weighted by Crippen LogP contribution is 2.25. The number of amides is 3. The van der Waals surface area contributed by atoms with Gasteiger partial charge in [0.05, 0.1) is 9.79 Å². The standard InChI is InChI=1S/C22H22N4O4S/c1-2-16-12-19(9-10-20(16)21(23)27)31(29,30)18-7-5-17(6-8-18)26-22(28)25-14-15-4-3-11-24-13-15/h3-13H,2,14H2,1H3,(H2,23,27)(H2,25,26,28). The molecule has 3 amide bonds. The molecule has 0 aliphatic heterocycles. The lowest BCUT2D eigenvalue weighted by molar-refractivity contribution is 0.0999. The summed E-state index contributed by atoms with van der Waals surface area (Å²) in [7, 11) is -3.79. The number of anilines is 1.